The van der Waals surface area contributed by atoms with Crippen molar-refractivity contribution in [2.45, 2.75) is 37.8 Å². The summed E-state index contributed by atoms with van der Waals surface area (Å²) >= 11 is 1.70. The zero-order valence-electron chi connectivity index (χ0n) is 15.0. The van der Waals surface area contributed by atoms with Gasteiger partial charge in [0, 0.05) is 32.2 Å². The molecular formula is C16H22F3N3O4S. The Balaban J connectivity index is 0.000000321. The van der Waals surface area contributed by atoms with Crippen LogP contribution < -0.4 is 0 Å². The lowest BCUT2D eigenvalue weighted by atomic mass is 9.91. The monoisotopic (exact) mass is 409 g/mol. The van der Waals surface area contributed by atoms with Crippen molar-refractivity contribution in [2.24, 2.45) is 5.92 Å². The average Bonchev–Trinajstić information content (AvgIpc) is 3.22. The molecule has 0 saturated carbocycles. The quantitative estimate of drug-likeness (QED) is 0.821. The number of carboxylic acid groups (broad SMARTS) is 1. The summed E-state index contributed by atoms with van der Waals surface area (Å²) in [6.07, 6.45) is -1.26. The summed E-state index contributed by atoms with van der Waals surface area (Å²) in [6.45, 7) is 2.89. The van der Waals surface area contributed by atoms with Crippen LogP contribution in [0, 0.1) is 5.92 Å². The van der Waals surface area contributed by atoms with Crippen LogP contribution >= 0.6 is 11.3 Å². The fourth-order valence-electron chi connectivity index (χ4n) is 3.11. The van der Waals surface area contributed by atoms with Gasteiger partial charge in [-0.15, -0.1) is 11.3 Å². The van der Waals surface area contributed by atoms with Crippen molar-refractivity contribution in [1.82, 2.24) is 14.8 Å². The molecule has 0 aliphatic carbocycles. The van der Waals surface area contributed by atoms with Crippen LogP contribution in [0.1, 0.15) is 17.8 Å². The molecule has 2 saturated heterocycles. The van der Waals surface area contributed by atoms with Gasteiger partial charge in [-0.25, -0.2) is 9.78 Å². The van der Waals surface area contributed by atoms with Crippen LogP contribution in [-0.4, -0.2) is 77.3 Å². The van der Waals surface area contributed by atoms with Gasteiger partial charge in [-0.3, -0.25) is 9.69 Å². The molecule has 0 radical (unpaired) electrons. The standard InChI is InChI=1S/C14H21N3O2S.C2HF3O2/c1-16(2)14(18)11-7-10-3-5-17(8-12(10)19-11)9-13-15-4-6-20-13;3-2(4,5)1(6)7/h4,6,10-12H,3,5,7-9H2,1-2H3;(H,6,7)/t10-,11-,12-;/m0./s1. The number of hydrogen-bond donors (Lipinski definition) is 1. The number of rotatable bonds is 3. The number of ether oxygens (including phenoxy) is 1. The first-order chi connectivity index (χ1) is 12.6. The molecule has 2 fully saturated rings. The zero-order valence-corrected chi connectivity index (χ0v) is 15.8. The number of halogens is 3. The second-order valence-electron chi connectivity index (χ2n) is 6.64. The van der Waals surface area contributed by atoms with Crippen LogP contribution in [0.15, 0.2) is 11.6 Å². The molecule has 27 heavy (non-hydrogen) atoms. The predicted molar refractivity (Wildman–Crippen MR) is 91.2 cm³/mol. The van der Waals surface area contributed by atoms with Crippen molar-refractivity contribution in [3.05, 3.63) is 16.6 Å². The molecule has 3 heterocycles. The number of likely N-dealkylation sites (tertiary alicyclic amines) is 1. The Morgan fingerprint density at radius 1 is 1.44 bits per heavy atom. The SMILES string of the molecule is CN(C)C(=O)[C@@H]1C[C@@H]2CCN(Cc3nccs3)C[C@@H]2O1.O=C(O)C(F)(F)F. The van der Waals surface area contributed by atoms with E-state index in [2.05, 4.69) is 9.88 Å². The molecule has 0 aromatic carbocycles. The van der Waals surface area contributed by atoms with E-state index in [1.54, 1.807) is 30.3 Å². The molecule has 2 aliphatic rings. The van der Waals surface area contributed by atoms with E-state index in [1.807, 2.05) is 11.6 Å². The number of alkyl halides is 3. The summed E-state index contributed by atoms with van der Waals surface area (Å²) in [5, 5.41) is 10.3. The number of carbonyl (C=O) groups is 2. The van der Waals surface area contributed by atoms with Gasteiger partial charge in [0.05, 0.1) is 12.6 Å². The zero-order chi connectivity index (χ0) is 20.2. The molecule has 7 nitrogen and oxygen atoms in total. The van der Waals surface area contributed by atoms with Gasteiger partial charge in [0.2, 0.25) is 0 Å². The van der Waals surface area contributed by atoms with Gasteiger partial charge in [-0.2, -0.15) is 13.2 Å². The van der Waals surface area contributed by atoms with Gasteiger partial charge in [-0.1, -0.05) is 0 Å². The lowest BCUT2D eigenvalue weighted by Crippen LogP contribution is -2.42. The minimum absolute atomic E-state index is 0.103. The fraction of sp³-hybridized carbons (Fsp3) is 0.688. The minimum Gasteiger partial charge on any atom is -0.475 e. The maximum atomic E-state index is 12.0. The fourth-order valence-corrected chi connectivity index (χ4v) is 3.77. The molecule has 1 amide bonds. The number of thiazole rings is 1. The smallest absolute Gasteiger partial charge is 0.475 e. The molecule has 152 valence electrons. The number of aliphatic carboxylic acids is 1. The second kappa shape index (κ2) is 8.98. The van der Waals surface area contributed by atoms with Crippen molar-refractivity contribution < 1.29 is 32.6 Å². The third kappa shape index (κ3) is 6.15. The number of piperidine rings is 1. The Bertz CT molecular complexity index is 639. The number of nitrogens with zero attached hydrogens (tertiary/aromatic N) is 3. The van der Waals surface area contributed by atoms with Crippen molar-refractivity contribution >= 4 is 23.2 Å². The summed E-state index contributed by atoms with van der Waals surface area (Å²) < 4.78 is 37.7. The number of fused-ring (bicyclic) bond motifs is 1. The van der Waals surface area contributed by atoms with Crippen molar-refractivity contribution in [1.29, 1.82) is 0 Å². The third-order valence-electron chi connectivity index (χ3n) is 4.44. The molecule has 2 aliphatic heterocycles. The van der Waals surface area contributed by atoms with E-state index in [4.69, 9.17) is 14.6 Å². The Hall–Kier alpha value is -1.72. The van der Waals surface area contributed by atoms with Crippen LogP contribution in [-0.2, 0) is 20.9 Å². The van der Waals surface area contributed by atoms with Gasteiger partial charge in [-0.05, 0) is 25.3 Å². The minimum atomic E-state index is -5.08. The molecule has 1 N–H and O–H groups in total. The highest BCUT2D eigenvalue weighted by molar-refractivity contribution is 7.09. The number of aromatic nitrogens is 1. The number of carbonyl (C=O) groups excluding carboxylic acids is 1. The molecule has 0 spiro atoms. The Morgan fingerprint density at radius 2 is 2.11 bits per heavy atom. The summed E-state index contributed by atoms with van der Waals surface area (Å²) in [5.41, 5.74) is 0. The Kier molecular flexibility index (Phi) is 7.18. The molecule has 0 unspecified atom stereocenters. The molecule has 11 heteroatoms. The summed E-state index contributed by atoms with van der Waals surface area (Å²) in [5.74, 6) is -2.12. The van der Waals surface area contributed by atoms with E-state index >= 15 is 0 Å². The second-order valence-corrected chi connectivity index (χ2v) is 7.62. The highest BCUT2D eigenvalue weighted by atomic mass is 32.1. The maximum Gasteiger partial charge on any atom is 0.490 e. The van der Waals surface area contributed by atoms with E-state index in [1.165, 1.54) is 0 Å². The van der Waals surface area contributed by atoms with E-state index in [-0.39, 0.29) is 18.1 Å². The van der Waals surface area contributed by atoms with Gasteiger partial charge < -0.3 is 14.7 Å². The first kappa shape index (κ1) is 21.6. The average molecular weight is 409 g/mol. The first-order valence-electron chi connectivity index (χ1n) is 8.35. The van der Waals surface area contributed by atoms with Gasteiger partial charge in [0.15, 0.2) is 0 Å². The van der Waals surface area contributed by atoms with E-state index in [0.717, 1.165) is 37.5 Å². The van der Waals surface area contributed by atoms with Crippen LogP contribution in [0.4, 0.5) is 13.2 Å². The molecule has 0 bridgehead atoms. The predicted octanol–water partition coefficient (Wildman–Crippen LogP) is 1.84. The molecule has 3 atom stereocenters. The van der Waals surface area contributed by atoms with Gasteiger partial charge in [0.25, 0.3) is 5.91 Å². The lowest BCUT2D eigenvalue weighted by molar-refractivity contribution is -0.192. The van der Waals surface area contributed by atoms with E-state index in [0.29, 0.717) is 5.92 Å². The molecule has 3 rings (SSSR count). The highest BCUT2D eigenvalue weighted by Gasteiger charge is 2.42. The Labute approximate surface area is 158 Å². The largest absolute Gasteiger partial charge is 0.490 e. The first-order valence-corrected chi connectivity index (χ1v) is 9.23. The number of likely N-dealkylation sites (N-methyl/N-ethyl adjacent to an activating group) is 1. The van der Waals surface area contributed by atoms with E-state index in [9.17, 15) is 18.0 Å². The maximum absolute atomic E-state index is 12.0. The lowest BCUT2D eigenvalue weighted by Gasteiger charge is -2.33. The Morgan fingerprint density at radius 3 is 2.63 bits per heavy atom. The van der Waals surface area contributed by atoms with Crippen molar-refractivity contribution in [3.8, 4) is 0 Å². The molecule has 1 aromatic rings. The third-order valence-corrected chi connectivity index (χ3v) is 5.20. The molecular weight excluding hydrogens is 387 g/mol. The van der Waals surface area contributed by atoms with Crippen LogP contribution in [0.2, 0.25) is 0 Å². The molecule has 1 aromatic heterocycles. The van der Waals surface area contributed by atoms with Crippen LogP contribution in [0.3, 0.4) is 0 Å². The number of hydrogen-bond acceptors (Lipinski definition) is 6. The number of carboxylic acids is 1. The summed E-state index contributed by atoms with van der Waals surface area (Å²) in [4.78, 5) is 29.3. The number of amides is 1. The van der Waals surface area contributed by atoms with Crippen LogP contribution in [0.25, 0.3) is 0 Å². The summed E-state index contributed by atoms with van der Waals surface area (Å²) in [7, 11) is 3.59. The normalized spacial score (nSPS) is 25.3. The van der Waals surface area contributed by atoms with Gasteiger partial charge >= 0.3 is 12.1 Å². The summed E-state index contributed by atoms with van der Waals surface area (Å²) in [6, 6.07) is 0. The highest BCUT2D eigenvalue weighted by Crippen LogP contribution is 2.34. The van der Waals surface area contributed by atoms with Crippen molar-refractivity contribution in [2.75, 3.05) is 27.2 Å². The van der Waals surface area contributed by atoms with E-state index < -0.39 is 12.1 Å². The topological polar surface area (TPSA) is 83.0 Å². The van der Waals surface area contributed by atoms with Gasteiger partial charge in [0.1, 0.15) is 11.1 Å². The van der Waals surface area contributed by atoms with Crippen molar-refractivity contribution in [3.63, 3.8) is 0 Å². The van der Waals surface area contributed by atoms with Crippen LogP contribution in [0.5, 0.6) is 0 Å².